The van der Waals surface area contributed by atoms with E-state index in [0.29, 0.717) is 23.8 Å². The number of benzene rings is 2. The average molecular weight is 493 g/mol. The van der Waals surface area contributed by atoms with E-state index in [-0.39, 0.29) is 11.9 Å². The number of likely N-dealkylation sites (tertiary alicyclic amines) is 1. The van der Waals surface area contributed by atoms with Crippen LogP contribution in [0.1, 0.15) is 42.1 Å². The van der Waals surface area contributed by atoms with E-state index in [4.69, 9.17) is 16.2 Å². The van der Waals surface area contributed by atoms with Crippen LogP contribution in [-0.4, -0.2) is 41.9 Å². The molecule has 0 radical (unpaired) electrons. The van der Waals surface area contributed by atoms with E-state index >= 15 is 0 Å². The molecule has 0 saturated carbocycles. The van der Waals surface area contributed by atoms with Gasteiger partial charge in [-0.1, -0.05) is 0 Å². The van der Waals surface area contributed by atoms with E-state index < -0.39 is 5.91 Å². The fourth-order valence-corrected chi connectivity index (χ4v) is 5.26. The first kappa shape index (κ1) is 24.8. The zero-order chi connectivity index (χ0) is 24.8. The second-order valence-electron chi connectivity index (χ2n) is 9.03. The van der Waals surface area contributed by atoms with Gasteiger partial charge in [0.25, 0.3) is 0 Å². The van der Waals surface area contributed by atoms with Crippen molar-refractivity contribution in [2.45, 2.75) is 44.8 Å². The summed E-state index contributed by atoms with van der Waals surface area (Å²) in [6, 6.07) is 17.7. The van der Waals surface area contributed by atoms with Crippen molar-refractivity contribution in [1.29, 1.82) is 0 Å². The van der Waals surface area contributed by atoms with E-state index in [2.05, 4.69) is 45.7 Å². The SMILES string of the molecule is C[C@H](CC(N)=O)N1CCC(N(Cc2ccsc2)c2ccc(Oc3ccc(C(N)=O)cc3)cc2)CC1. The Morgan fingerprint density at radius 3 is 2.20 bits per heavy atom. The van der Waals surface area contributed by atoms with E-state index in [1.807, 2.05) is 12.1 Å². The Bertz CT molecular complexity index is 1110. The van der Waals surface area contributed by atoms with Crippen LogP contribution in [0, 0.1) is 0 Å². The lowest BCUT2D eigenvalue weighted by atomic mass is 9.99. The molecule has 1 aliphatic rings. The summed E-state index contributed by atoms with van der Waals surface area (Å²) in [6.45, 7) is 4.82. The molecule has 1 fully saturated rings. The van der Waals surface area contributed by atoms with Crippen molar-refractivity contribution in [3.05, 3.63) is 76.5 Å². The van der Waals surface area contributed by atoms with Crippen LogP contribution >= 0.6 is 11.3 Å². The third-order valence-electron chi connectivity index (χ3n) is 6.54. The highest BCUT2D eigenvalue weighted by molar-refractivity contribution is 7.07. The van der Waals surface area contributed by atoms with E-state index in [9.17, 15) is 9.59 Å². The molecule has 35 heavy (non-hydrogen) atoms. The highest BCUT2D eigenvalue weighted by Crippen LogP contribution is 2.30. The van der Waals surface area contributed by atoms with Crippen molar-refractivity contribution in [3.63, 3.8) is 0 Å². The predicted molar refractivity (Wildman–Crippen MR) is 140 cm³/mol. The fraction of sp³-hybridized carbons (Fsp3) is 0.333. The molecule has 0 spiro atoms. The molecule has 0 unspecified atom stereocenters. The lowest BCUT2D eigenvalue weighted by Crippen LogP contribution is -2.48. The molecule has 1 aliphatic heterocycles. The summed E-state index contributed by atoms with van der Waals surface area (Å²) < 4.78 is 5.96. The maximum absolute atomic E-state index is 11.3. The number of anilines is 1. The van der Waals surface area contributed by atoms with Crippen LogP contribution in [0.5, 0.6) is 11.5 Å². The molecule has 184 valence electrons. The number of thiophene rings is 1. The van der Waals surface area contributed by atoms with Gasteiger partial charge in [-0.05, 0) is 90.7 Å². The molecule has 3 aromatic rings. The number of hydrogen-bond donors (Lipinski definition) is 2. The first-order valence-corrected chi connectivity index (χ1v) is 12.8. The van der Waals surface area contributed by atoms with Crippen molar-refractivity contribution in [3.8, 4) is 11.5 Å². The molecule has 0 aliphatic carbocycles. The van der Waals surface area contributed by atoms with Crippen molar-refractivity contribution in [2.75, 3.05) is 18.0 Å². The number of nitrogens with zero attached hydrogens (tertiary/aromatic N) is 2. The number of piperidine rings is 1. The van der Waals surface area contributed by atoms with Gasteiger partial charge in [0.2, 0.25) is 11.8 Å². The molecule has 0 bridgehead atoms. The largest absolute Gasteiger partial charge is 0.457 e. The number of rotatable bonds is 10. The molecule has 2 heterocycles. The van der Waals surface area contributed by atoms with Crippen molar-refractivity contribution < 1.29 is 14.3 Å². The van der Waals surface area contributed by atoms with Gasteiger partial charge >= 0.3 is 0 Å². The van der Waals surface area contributed by atoms with Crippen LogP contribution in [0.15, 0.2) is 65.4 Å². The molecule has 1 atom stereocenters. The molecular weight excluding hydrogens is 460 g/mol. The van der Waals surface area contributed by atoms with Crippen molar-refractivity contribution in [1.82, 2.24) is 4.90 Å². The van der Waals surface area contributed by atoms with E-state index in [0.717, 1.165) is 43.9 Å². The zero-order valence-corrected chi connectivity index (χ0v) is 20.7. The van der Waals surface area contributed by atoms with Gasteiger partial charge in [0.05, 0.1) is 0 Å². The molecule has 7 nitrogen and oxygen atoms in total. The topological polar surface area (TPSA) is 102 Å². The third kappa shape index (κ3) is 6.61. The summed E-state index contributed by atoms with van der Waals surface area (Å²) in [5.74, 6) is 0.672. The molecule has 2 aromatic carbocycles. The Morgan fingerprint density at radius 1 is 1.03 bits per heavy atom. The molecule has 4 rings (SSSR count). The summed E-state index contributed by atoms with van der Waals surface area (Å²) in [7, 11) is 0. The number of hydrogen-bond acceptors (Lipinski definition) is 6. The van der Waals surface area contributed by atoms with Gasteiger partial charge in [0.1, 0.15) is 11.5 Å². The third-order valence-corrected chi connectivity index (χ3v) is 7.27. The number of carbonyl (C=O) groups is 2. The Hall–Kier alpha value is -3.36. The Balaban J connectivity index is 1.45. The first-order valence-electron chi connectivity index (χ1n) is 11.9. The predicted octanol–water partition coefficient (Wildman–Crippen LogP) is 4.37. The summed E-state index contributed by atoms with van der Waals surface area (Å²) in [5, 5.41) is 4.31. The first-order chi connectivity index (χ1) is 16.9. The van der Waals surface area contributed by atoms with Gasteiger partial charge in [-0.2, -0.15) is 11.3 Å². The zero-order valence-electron chi connectivity index (χ0n) is 19.9. The average Bonchev–Trinajstić information content (AvgIpc) is 3.37. The molecule has 1 aromatic heterocycles. The Kier molecular flexibility index (Phi) is 8.05. The van der Waals surface area contributed by atoms with E-state index in [1.54, 1.807) is 35.6 Å². The maximum atomic E-state index is 11.3. The summed E-state index contributed by atoms with van der Waals surface area (Å²) in [6.07, 6.45) is 2.45. The minimum absolute atomic E-state index is 0.173. The van der Waals surface area contributed by atoms with Crippen LogP contribution in [0.25, 0.3) is 0 Å². The summed E-state index contributed by atoms with van der Waals surface area (Å²) in [5.41, 5.74) is 13.6. The van der Waals surface area contributed by atoms with E-state index in [1.165, 1.54) is 5.56 Å². The van der Waals surface area contributed by atoms with Gasteiger partial charge in [0, 0.05) is 49.4 Å². The van der Waals surface area contributed by atoms with Crippen LogP contribution in [0.3, 0.4) is 0 Å². The van der Waals surface area contributed by atoms with Crippen LogP contribution < -0.4 is 21.1 Å². The van der Waals surface area contributed by atoms with Crippen molar-refractivity contribution >= 4 is 28.8 Å². The second-order valence-corrected chi connectivity index (χ2v) is 9.81. The van der Waals surface area contributed by atoms with Gasteiger partial charge < -0.3 is 21.1 Å². The quantitative estimate of drug-likeness (QED) is 0.437. The monoisotopic (exact) mass is 492 g/mol. The van der Waals surface area contributed by atoms with Gasteiger partial charge in [-0.15, -0.1) is 0 Å². The maximum Gasteiger partial charge on any atom is 0.248 e. The Labute approximate surface area is 210 Å². The molecule has 4 N–H and O–H groups in total. The molecule has 2 amide bonds. The number of primary amides is 2. The minimum atomic E-state index is -0.459. The second kappa shape index (κ2) is 11.4. The standard InChI is InChI=1S/C27H32N4O3S/c1-19(16-26(28)32)30-13-10-23(11-14-30)31(17-20-12-15-35-18-20)22-4-8-25(9-5-22)34-24-6-2-21(3-7-24)27(29)33/h2-9,12,15,18-19,23H,10-11,13-14,16-17H2,1H3,(H2,28,32)(H2,29,33)/t19-/m1/s1. The van der Waals surface area contributed by atoms with Crippen LogP contribution in [-0.2, 0) is 11.3 Å². The normalized spacial score (nSPS) is 15.5. The highest BCUT2D eigenvalue weighted by Gasteiger charge is 2.28. The fourth-order valence-electron chi connectivity index (χ4n) is 4.60. The Morgan fingerprint density at radius 2 is 1.66 bits per heavy atom. The van der Waals surface area contributed by atoms with Gasteiger partial charge in [-0.25, -0.2) is 0 Å². The number of amides is 2. The number of nitrogens with two attached hydrogens (primary N) is 2. The number of carbonyl (C=O) groups excluding carboxylic acids is 2. The molecule has 1 saturated heterocycles. The summed E-state index contributed by atoms with van der Waals surface area (Å²) in [4.78, 5) is 27.4. The molecular formula is C27H32N4O3S. The highest BCUT2D eigenvalue weighted by atomic mass is 32.1. The summed E-state index contributed by atoms with van der Waals surface area (Å²) >= 11 is 1.71. The van der Waals surface area contributed by atoms with Gasteiger partial charge in [-0.3, -0.25) is 14.5 Å². The van der Waals surface area contributed by atoms with Crippen molar-refractivity contribution in [2.24, 2.45) is 11.5 Å². The smallest absolute Gasteiger partial charge is 0.248 e. The van der Waals surface area contributed by atoms with Crippen LogP contribution in [0.4, 0.5) is 5.69 Å². The molecule has 8 heteroatoms. The lowest BCUT2D eigenvalue weighted by Gasteiger charge is -2.41. The lowest BCUT2D eigenvalue weighted by molar-refractivity contribution is -0.119. The van der Waals surface area contributed by atoms with Gasteiger partial charge in [0.15, 0.2) is 0 Å². The number of ether oxygens (including phenoxy) is 1. The van der Waals surface area contributed by atoms with Crippen LogP contribution in [0.2, 0.25) is 0 Å². The minimum Gasteiger partial charge on any atom is -0.457 e.